The van der Waals surface area contributed by atoms with E-state index in [4.69, 9.17) is 9.47 Å². The lowest BCUT2D eigenvalue weighted by atomic mass is 10.0. The van der Waals surface area contributed by atoms with Gasteiger partial charge in [0, 0.05) is 12.8 Å². The van der Waals surface area contributed by atoms with Crippen LogP contribution in [0.2, 0.25) is 0 Å². The number of hydrogen-bond acceptors (Lipinski definition) is 4. The molecule has 4 nitrogen and oxygen atoms in total. The molecule has 0 N–H and O–H groups in total. The molecule has 0 radical (unpaired) electrons. The van der Waals surface area contributed by atoms with Gasteiger partial charge in [-0.2, -0.15) is 0 Å². The van der Waals surface area contributed by atoms with Crippen LogP contribution in [0.25, 0.3) is 0 Å². The van der Waals surface area contributed by atoms with Crippen molar-refractivity contribution in [1.29, 1.82) is 0 Å². The van der Waals surface area contributed by atoms with Crippen molar-refractivity contribution in [2.45, 2.75) is 149 Å². The van der Waals surface area contributed by atoms with Crippen LogP contribution in [0.5, 0.6) is 0 Å². The molecule has 0 aromatic carbocycles. The Morgan fingerprint density at radius 1 is 0.562 bits per heavy atom. The average Bonchev–Trinajstić information content (AvgIpc) is 2.80. The normalized spacial score (nSPS) is 12.0. The van der Waals surface area contributed by atoms with Gasteiger partial charge >= 0.3 is 11.9 Å². The molecule has 0 aliphatic heterocycles. The third-order valence-electron chi connectivity index (χ3n) is 6.30. The Bertz CT molecular complexity index is 422. The first-order valence-corrected chi connectivity index (χ1v) is 13.9. The Labute approximate surface area is 199 Å². The minimum absolute atomic E-state index is 0.132. The summed E-state index contributed by atoms with van der Waals surface area (Å²) in [6.07, 6.45) is 22.4. The van der Waals surface area contributed by atoms with Gasteiger partial charge in [-0.1, -0.05) is 111 Å². The molecule has 0 aliphatic rings. The van der Waals surface area contributed by atoms with Crippen molar-refractivity contribution in [2.75, 3.05) is 13.2 Å². The van der Waals surface area contributed by atoms with Crippen LogP contribution in [-0.4, -0.2) is 25.2 Å². The number of hydrogen-bond donors (Lipinski definition) is 0. The Morgan fingerprint density at radius 2 is 1.03 bits per heavy atom. The zero-order valence-electron chi connectivity index (χ0n) is 21.8. The van der Waals surface area contributed by atoms with E-state index in [0.29, 0.717) is 44.8 Å². The molecule has 1 unspecified atom stereocenters. The van der Waals surface area contributed by atoms with Crippen LogP contribution in [0, 0.1) is 5.92 Å². The van der Waals surface area contributed by atoms with E-state index in [1.807, 2.05) is 0 Å². The summed E-state index contributed by atoms with van der Waals surface area (Å²) in [6, 6.07) is 0. The van der Waals surface area contributed by atoms with Crippen LogP contribution in [0.15, 0.2) is 0 Å². The fraction of sp³-hybridized carbons (Fsp3) is 0.929. The van der Waals surface area contributed by atoms with Gasteiger partial charge in [0.25, 0.3) is 0 Å². The van der Waals surface area contributed by atoms with Gasteiger partial charge in [-0.3, -0.25) is 9.59 Å². The van der Waals surface area contributed by atoms with Gasteiger partial charge in [0.1, 0.15) is 0 Å². The molecule has 0 bridgehead atoms. The molecule has 0 rings (SSSR count). The van der Waals surface area contributed by atoms with Crippen molar-refractivity contribution in [3.05, 3.63) is 0 Å². The second kappa shape index (κ2) is 24.6. The Kier molecular flexibility index (Phi) is 23.8. The quantitative estimate of drug-likeness (QED) is 0.108. The van der Waals surface area contributed by atoms with E-state index in [9.17, 15) is 9.59 Å². The largest absolute Gasteiger partial charge is 0.466 e. The van der Waals surface area contributed by atoms with E-state index in [-0.39, 0.29) is 11.9 Å². The molecule has 0 fully saturated rings. The minimum Gasteiger partial charge on any atom is -0.466 e. The van der Waals surface area contributed by atoms with E-state index in [0.717, 1.165) is 25.7 Å². The summed E-state index contributed by atoms with van der Waals surface area (Å²) in [7, 11) is 0. The molecular formula is C28H54O4. The molecule has 0 heterocycles. The molecule has 1 atom stereocenters. The maximum atomic E-state index is 11.9. The molecule has 0 saturated carbocycles. The monoisotopic (exact) mass is 454 g/mol. The van der Waals surface area contributed by atoms with E-state index in [1.54, 1.807) is 0 Å². The summed E-state index contributed by atoms with van der Waals surface area (Å²) in [5, 5.41) is 0. The van der Waals surface area contributed by atoms with E-state index in [1.165, 1.54) is 77.0 Å². The predicted molar refractivity (Wildman–Crippen MR) is 135 cm³/mol. The smallest absolute Gasteiger partial charge is 0.305 e. The van der Waals surface area contributed by atoms with Gasteiger partial charge in [0.15, 0.2) is 0 Å². The van der Waals surface area contributed by atoms with Crippen LogP contribution in [0.3, 0.4) is 0 Å². The first-order valence-electron chi connectivity index (χ1n) is 13.9. The number of esters is 2. The van der Waals surface area contributed by atoms with Crippen molar-refractivity contribution in [1.82, 2.24) is 0 Å². The molecule has 0 aromatic heterocycles. The van der Waals surface area contributed by atoms with Gasteiger partial charge in [-0.05, 0) is 31.6 Å². The highest BCUT2D eigenvalue weighted by Gasteiger charge is 2.10. The fourth-order valence-electron chi connectivity index (χ4n) is 3.92. The summed E-state index contributed by atoms with van der Waals surface area (Å²) < 4.78 is 10.7. The van der Waals surface area contributed by atoms with Gasteiger partial charge in [-0.15, -0.1) is 0 Å². The van der Waals surface area contributed by atoms with E-state index in [2.05, 4.69) is 20.8 Å². The molecule has 0 saturated heterocycles. The maximum Gasteiger partial charge on any atom is 0.305 e. The zero-order chi connectivity index (χ0) is 23.7. The number of unbranched alkanes of at least 4 members (excludes halogenated alkanes) is 13. The van der Waals surface area contributed by atoms with Crippen LogP contribution in [0.1, 0.15) is 149 Å². The number of rotatable bonds is 24. The number of carbonyl (C=O) groups excluding carboxylic acids is 2. The summed E-state index contributed by atoms with van der Waals surface area (Å²) in [5.74, 6) is 0.214. The number of carbonyl (C=O) groups is 2. The molecular weight excluding hydrogens is 400 g/mol. The molecule has 0 aliphatic carbocycles. The Hall–Kier alpha value is -1.06. The highest BCUT2D eigenvalue weighted by atomic mass is 16.5. The lowest BCUT2D eigenvalue weighted by Gasteiger charge is -2.14. The first kappa shape index (κ1) is 30.9. The summed E-state index contributed by atoms with van der Waals surface area (Å²) >= 11 is 0. The minimum atomic E-state index is -0.134. The van der Waals surface area contributed by atoms with Gasteiger partial charge < -0.3 is 9.47 Å². The van der Waals surface area contributed by atoms with Crippen LogP contribution >= 0.6 is 0 Å². The Morgan fingerprint density at radius 3 is 1.53 bits per heavy atom. The van der Waals surface area contributed by atoms with Crippen LogP contribution in [0.4, 0.5) is 0 Å². The van der Waals surface area contributed by atoms with Crippen molar-refractivity contribution in [3.63, 3.8) is 0 Å². The van der Waals surface area contributed by atoms with Crippen molar-refractivity contribution in [3.8, 4) is 0 Å². The maximum absolute atomic E-state index is 11.9. The molecule has 0 spiro atoms. The Balaban J connectivity index is 3.40. The van der Waals surface area contributed by atoms with Crippen molar-refractivity contribution < 1.29 is 19.1 Å². The van der Waals surface area contributed by atoms with Gasteiger partial charge in [-0.25, -0.2) is 0 Å². The third-order valence-corrected chi connectivity index (χ3v) is 6.30. The SMILES string of the molecule is CCCCCCCCCCCCCCOC(=O)CCCCC(=O)OCC(CC)CCCC. The number of ether oxygens (including phenoxy) is 2. The van der Waals surface area contributed by atoms with E-state index < -0.39 is 0 Å². The topological polar surface area (TPSA) is 52.6 Å². The zero-order valence-corrected chi connectivity index (χ0v) is 21.8. The lowest BCUT2D eigenvalue weighted by Crippen LogP contribution is -2.14. The fourth-order valence-corrected chi connectivity index (χ4v) is 3.92. The van der Waals surface area contributed by atoms with Crippen molar-refractivity contribution >= 4 is 11.9 Å². The van der Waals surface area contributed by atoms with Crippen LogP contribution < -0.4 is 0 Å². The molecule has 0 aromatic rings. The lowest BCUT2D eigenvalue weighted by molar-refractivity contribution is -0.146. The van der Waals surface area contributed by atoms with E-state index >= 15 is 0 Å². The summed E-state index contributed by atoms with van der Waals surface area (Å²) in [6.45, 7) is 7.67. The highest BCUT2D eigenvalue weighted by Crippen LogP contribution is 2.14. The standard InChI is InChI=1S/C28H54O4/c1-4-7-9-10-11-12-13-14-15-16-17-20-24-31-27(29)22-18-19-23-28(30)32-25-26(6-3)21-8-5-2/h26H,4-25H2,1-3H3. The second-order valence-electron chi connectivity index (χ2n) is 9.42. The molecule has 32 heavy (non-hydrogen) atoms. The van der Waals surface area contributed by atoms with Crippen LogP contribution in [-0.2, 0) is 19.1 Å². The third kappa shape index (κ3) is 22.1. The second-order valence-corrected chi connectivity index (χ2v) is 9.42. The first-order chi connectivity index (χ1) is 15.6. The molecule has 4 heteroatoms. The van der Waals surface area contributed by atoms with Crippen molar-refractivity contribution in [2.24, 2.45) is 5.92 Å². The molecule has 190 valence electrons. The summed E-state index contributed by atoms with van der Waals surface area (Å²) in [5.41, 5.74) is 0. The van der Waals surface area contributed by atoms with Gasteiger partial charge in [0.05, 0.1) is 13.2 Å². The molecule has 0 amide bonds. The highest BCUT2D eigenvalue weighted by molar-refractivity contribution is 5.70. The average molecular weight is 455 g/mol. The summed E-state index contributed by atoms with van der Waals surface area (Å²) in [4.78, 5) is 23.7. The predicted octanol–water partition coefficient (Wildman–Crippen LogP) is 8.55. The van der Waals surface area contributed by atoms with Gasteiger partial charge in [0.2, 0.25) is 0 Å².